The second-order valence-corrected chi connectivity index (χ2v) is 5.88. The van der Waals surface area contributed by atoms with Crippen LogP contribution in [0.15, 0.2) is 10.7 Å². The van der Waals surface area contributed by atoms with E-state index < -0.39 is 0 Å². The minimum Gasteiger partial charge on any atom is -0.369 e. The third-order valence-electron chi connectivity index (χ3n) is 3.26. The van der Waals surface area contributed by atoms with E-state index in [0.29, 0.717) is 11.9 Å². The highest BCUT2D eigenvalue weighted by Crippen LogP contribution is 2.20. The summed E-state index contributed by atoms with van der Waals surface area (Å²) in [5.41, 5.74) is 2.45. The van der Waals surface area contributed by atoms with Crippen LogP contribution < -0.4 is 16.6 Å². The Labute approximate surface area is 122 Å². The van der Waals surface area contributed by atoms with Crippen LogP contribution in [-0.4, -0.2) is 41.0 Å². The average Bonchev–Trinajstić information content (AvgIpc) is 2.90. The fourth-order valence-corrected chi connectivity index (χ4v) is 2.63. The zero-order valence-electron chi connectivity index (χ0n) is 11.2. The standard InChI is InChI=1S/C12H21BrN6/c1-9(8-19-4-2-3-5-19)6-15-11-10(13)7-16-12(17-11)18-14/h7,9H,2-6,8,14H2,1H3,(H2,15,16,17,18). The van der Waals surface area contributed by atoms with E-state index in [9.17, 15) is 0 Å². The predicted molar refractivity (Wildman–Crippen MR) is 80.9 cm³/mol. The molecule has 0 aliphatic carbocycles. The van der Waals surface area contributed by atoms with Gasteiger partial charge in [-0.05, 0) is 47.8 Å². The summed E-state index contributed by atoms with van der Waals surface area (Å²) in [5.74, 6) is 7.08. The molecule has 1 aromatic heterocycles. The molecular formula is C12H21BrN6. The summed E-state index contributed by atoms with van der Waals surface area (Å²) < 4.78 is 0.847. The van der Waals surface area contributed by atoms with Gasteiger partial charge >= 0.3 is 0 Å². The smallest absolute Gasteiger partial charge is 0.239 e. The van der Waals surface area contributed by atoms with Gasteiger partial charge in [0.1, 0.15) is 5.82 Å². The van der Waals surface area contributed by atoms with Crippen molar-refractivity contribution in [1.29, 1.82) is 0 Å². The molecule has 1 aromatic rings. The Morgan fingerprint density at radius 3 is 2.89 bits per heavy atom. The summed E-state index contributed by atoms with van der Waals surface area (Å²) in [5, 5.41) is 3.34. The summed E-state index contributed by atoms with van der Waals surface area (Å²) in [6.07, 6.45) is 4.36. The van der Waals surface area contributed by atoms with E-state index in [1.54, 1.807) is 6.20 Å². The van der Waals surface area contributed by atoms with Crippen molar-refractivity contribution in [3.05, 3.63) is 10.7 Å². The van der Waals surface area contributed by atoms with Gasteiger partial charge in [0, 0.05) is 19.3 Å². The maximum Gasteiger partial charge on any atom is 0.239 e. The molecule has 106 valence electrons. The van der Waals surface area contributed by atoms with E-state index in [1.165, 1.54) is 25.9 Å². The van der Waals surface area contributed by atoms with Gasteiger partial charge in [-0.25, -0.2) is 10.8 Å². The highest BCUT2D eigenvalue weighted by atomic mass is 79.9. The predicted octanol–water partition coefficient (Wildman–Crippen LogP) is 1.67. The van der Waals surface area contributed by atoms with Crippen molar-refractivity contribution in [2.45, 2.75) is 19.8 Å². The van der Waals surface area contributed by atoms with E-state index in [2.05, 4.69) is 48.5 Å². The Morgan fingerprint density at radius 1 is 1.47 bits per heavy atom. The van der Waals surface area contributed by atoms with Crippen LogP contribution in [0.4, 0.5) is 11.8 Å². The third kappa shape index (κ3) is 4.29. The molecule has 7 heteroatoms. The van der Waals surface area contributed by atoms with Gasteiger partial charge in [-0.2, -0.15) is 4.98 Å². The molecule has 1 saturated heterocycles. The SMILES string of the molecule is CC(CNc1nc(NN)ncc1Br)CN1CCCC1. The molecule has 0 saturated carbocycles. The first kappa shape index (κ1) is 14.5. The van der Waals surface area contributed by atoms with E-state index in [1.807, 2.05) is 0 Å². The van der Waals surface area contributed by atoms with Crippen molar-refractivity contribution in [1.82, 2.24) is 14.9 Å². The average molecular weight is 329 g/mol. The lowest BCUT2D eigenvalue weighted by Gasteiger charge is -2.20. The third-order valence-corrected chi connectivity index (χ3v) is 3.84. The van der Waals surface area contributed by atoms with Gasteiger partial charge in [-0.3, -0.25) is 5.43 Å². The monoisotopic (exact) mass is 328 g/mol. The van der Waals surface area contributed by atoms with E-state index in [-0.39, 0.29) is 0 Å². The number of nitrogens with one attached hydrogen (secondary N) is 2. The fourth-order valence-electron chi connectivity index (χ4n) is 2.30. The fraction of sp³-hybridized carbons (Fsp3) is 0.667. The lowest BCUT2D eigenvalue weighted by molar-refractivity contribution is 0.294. The number of hydrogen-bond donors (Lipinski definition) is 3. The minimum absolute atomic E-state index is 0.415. The van der Waals surface area contributed by atoms with Gasteiger partial charge in [0.15, 0.2) is 0 Å². The molecule has 0 bridgehead atoms. The number of likely N-dealkylation sites (tertiary alicyclic amines) is 1. The number of hydrazine groups is 1. The zero-order valence-corrected chi connectivity index (χ0v) is 12.8. The van der Waals surface area contributed by atoms with Crippen molar-refractivity contribution in [2.24, 2.45) is 11.8 Å². The molecule has 4 N–H and O–H groups in total. The molecular weight excluding hydrogens is 308 g/mol. The lowest BCUT2D eigenvalue weighted by atomic mass is 10.1. The molecule has 0 radical (unpaired) electrons. The van der Waals surface area contributed by atoms with Crippen LogP contribution in [0.2, 0.25) is 0 Å². The van der Waals surface area contributed by atoms with Crippen LogP contribution in [0.1, 0.15) is 19.8 Å². The number of aromatic nitrogens is 2. The molecule has 1 atom stereocenters. The van der Waals surface area contributed by atoms with Gasteiger partial charge in [-0.1, -0.05) is 6.92 Å². The topological polar surface area (TPSA) is 79.1 Å². The second-order valence-electron chi connectivity index (χ2n) is 5.03. The first-order valence-electron chi connectivity index (χ1n) is 6.64. The summed E-state index contributed by atoms with van der Waals surface area (Å²) in [7, 11) is 0. The number of anilines is 2. The number of nitrogen functional groups attached to an aromatic ring is 1. The molecule has 1 aliphatic rings. The summed E-state index contributed by atoms with van der Waals surface area (Å²) in [4.78, 5) is 10.8. The van der Waals surface area contributed by atoms with E-state index in [4.69, 9.17) is 5.84 Å². The Balaban J connectivity index is 1.83. The van der Waals surface area contributed by atoms with Crippen LogP contribution >= 0.6 is 15.9 Å². The molecule has 2 heterocycles. The van der Waals surface area contributed by atoms with Crippen LogP contribution in [0.25, 0.3) is 0 Å². The van der Waals surface area contributed by atoms with Crippen LogP contribution in [0, 0.1) is 5.92 Å². The van der Waals surface area contributed by atoms with Crippen molar-refractivity contribution >= 4 is 27.7 Å². The maximum atomic E-state index is 5.31. The van der Waals surface area contributed by atoms with Crippen molar-refractivity contribution < 1.29 is 0 Å². The van der Waals surface area contributed by atoms with E-state index in [0.717, 1.165) is 23.4 Å². The number of nitrogens with two attached hydrogens (primary N) is 1. The van der Waals surface area contributed by atoms with Crippen LogP contribution in [0.5, 0.6) is 0 Å². The van der Waals surface area contributed by atoms with Gasteiger partial charge in [0.25, 0.3) is 0 Å². The summed E-state index contributed by atoms with van der Waals surface area (Å²) in [6, 6.07) is 0. The lowest BCUT2D eigenvalue weighted by Crippen LogP contribution is -2.29. The maximum absolute atomic E-state index is 5.31. The highest BCUT2D eigenvalue weighted by Gasteiger charge is 2.15. The van der Waals surface area contributed by atoms with Gasteiger partial charge in [0.05, 0.1) is 4.47 Å². The highest BCUT2D eigenvalue weighted by molar-refractivity contribution is 9.10. The molecule has 6 nitrogen and oxygen atoms in total. The Morgan fingerprint density at radius 2 is 2.21 bits per heavy atom. The van der Waals surface area contributed by atoms with Crippen molar-refractivity contribution in [2.75, 3.05) is 36.9 Å². The van der Waals surface area contributed by atoms with Gasteiger partial charge in [0.2, 0.25) is 5.95 Å². The Bertz CT molecular complexity index is 407. The molecule has 1 unspecified atom stereocenters. The molecule has 19 heavy (non-hydrogen) atoms. The second kappa shape index (κ2) is 7.02. The largest absolute Gasteiger partial charge is 0.369 e. The normalized spacial score (nSPS) is 17.4. The quantitative estimate of drug-likeness (QED) is 0.544. The first-order chi connectivity index (χ1) is 9.19. The molecule has 0 amide bonds. The van der Waals surface area contributed by atoms with Crippen LogP contribution in [0.3, 0.4) is 0 Å². The minimum atomic E-state index is 0.415. The molecule has 1 aliphatic heterocycles. The van der Waals surface area contributed by atoms with Crippen molar-refractivity contribution in [3.8, 4) is 0 Å². The number of nitrogens with zero attached hydrogens (tertiary/aromatic N) is 3. The molecule has 0 aromatic carbocycles. The Hall–Kier alpha value is -0.920. The summed E-state index contributed by atoms with van der Waals surface area (Å²) >= 11 is 3.43. The molecule has 0 spiro atoms. The van der Waals surface area contributed by atoms with Crippen LogP contribution in [-0.2, 0) is 0 Å². The molecule has 2 rings (SSSR count). The Kier molecular flexibility index (Phi) is 5.35. The first-order valence-corrected chi connectivity index (χ1v) is 7.43. The number of halogens is 1. The summed E-state index contributed by atoms with van der Waals surface area (Å²) in [6.45, 7) is 6.75. The number of hydrogen-bond acceptors (Lipinski definition) is 6. The zero-order chi connectivity index (χ0) is 13.7. The van der Waals surface area contributed by atoms with Crippen molar-refractivity contribution in [3.63, 3.8) is 0 Å². The number of rotatable bonds is 6. The van der Waals surface area contributed by atoms with E-state index >= 15 is 0 Å². The van der Waals surface area contributed by atoms with Gasteiger partial charge in [-0.15, -0.1) is 0 Å². The van der Waals surface area contributed by atoms with Gasteiger partial charge < -0.3 is 10.2 Å². The molecule has 1 fully saturated rings.